The van der Waals surface area contributed by atoms with Crippen LogP contribution in [0.25, 0.3) is 11.6 Å². The molecule has 6 nitrogen and oxygen atoms in total. The fraction of sp³-hybridized carbons (Fsp3) is 0.333. The first kappa shape index (κ1) is 20.3. The molecule has 1 aliphatic heterocycles. The Morgan fingerprint density at radius 2 is 2.17 bits per heavy atom. The highest BCUT2D eigenvalue weighted by atomic mass is 16.5. The zero-order chi connectivity index (χ0) is 20.9. The molecule has 2 N–H and O–H groups in total. The zero-order valence-electron chi connectivity index (χ0n) is 17.3. The lowest BCUT2D eigenvalue weighted by Gasteiger charge is -2.20. The molecule has 1 aliphatic rings. The Kier molecular flexibility index (Phi) is 6.26. The van der Waals surface area contributed by atoms with E-state index >= 15 is 0 Å². The first-order valence-electron chi connectivity index (χ1n) is 10.6. The van der Waals surface area contributed by atoms with E-state index in [-0.39, 0.29) is 0 Å². The van der Waals surface area contributed by atoms with Gasteiger partial charge in [-0.25, -0.2) is 10.00 Å². The standard InChI is InChI=1S/C24H28N4O2/c1-2-22-21(23-7-3-4-14-28(23)25-22)12-15-27-13-5-6-19-16-18(8-10-20(19)17-27)9-11-24(29)26-30/h3-4,7-11,14,16,30H,2,5-6,12-13,15,17H2,1H3,(H,26,29)/b11-9+. The van der Waals surface area contributed by atoms with E-state index in [1.807, 2.05) is 22.8 Å². The van der Waals surface area contributed by atoms with Gasteiger partial charge >= 0.3 is 0 Å². The number of fused-ring (bicyclic) bond motifs is 2. The monoisotopic (exact) mass is 404 g/mol. The Morgan fingerprint density at radius 1 is 1.27 bits per heavy atom. The maximum atomic E-state index is 11.2. The summed E-state index contributed by atoms with van der Waals surface area (Å²) in [6.07, 6.45) is 9.20. The summed E-state index contributed by atoms with van der Waals surface area (Å²) in [6.45, 7) is 5.20. The average Bonchev–Trinajstić information content (AvgIpc) is 3.01. The van der Waals surface area contributed by atoms with E-state index in [1.165, 1.54) is 34.0 Å². The molecule has 30 heavy (non-hydrogen) atoms. The van der Waals surface area contributed by atoms with Crippen molar-refractivity contribution in [3.05, 3.63) is 76.6 Å². The fourth-order valence-electron chi connectivity index (χ4n) is 4.27. The number of aromatic nitrogens is 2. The number of pyridine rings is 1. The van der Waals surface area contributed by atoms with Crippen LogP contribution in [0.5, 0.6) is 0 Å². The summed E-state index contributed by atoms with van der Waals surface area (Å²) in [7, 11) is 0. The van der Waals surface area contributed by atoms with E-state index in [2.05, 4.69) is 36.1 Å². The minimum Gasteiger partial charge on any atom is -0.299 e. The number of carbonyl (C=O) groups excluding carboxylic acids is 1. The molecule has 156 valence electrons. The molecule has 3 heterocycles. The van der Waals surface area contributed by atoms with Gasteiger partial charge in [0.25, 0.3) is 5.91 Å². The number of nitrogens with zero attached hydrogens (tertiary/aromatic N) is 3. The van der Waals surface area contributed by atoms with Crippen LogP contribution in [0.1, 0.15) is 41.3 Å². The van der Waals surface area contributed by atoms with Crippen LogP contribution in [0.2, 0.25) is 0 Å². The predicted octanol–water partition coefficient (Wildman–Crippen LogP) is 3.41. The number of carbonyl (C=O) groups is 1. The van der Waals surface area contributed by atoms with Crippen molar-refractivity contribution in [1.82, 2.24) is 20.0 Å². The van der Waals surface area contributed by atoms with Gasteiger partial charge in [-0.1, -0.05) is 31.2 Å². The fourth-order valence-corrected chi connectivity index (χ4v) is 4.27. The van der Waals surface area contributed by atoms with Gasteiger partial charge in [-0.05, 0) is 67.1 Å². The number of hydroxylamine groups is 1. The van der Waals surface area contributed by atoms with Gasteiger partial charge in [0, 0.05) is 30.9 Å². The lowest BCUT2D eigenvalue weighted by Crippen LogP contribution is -2.26. The van der Waals surface area contributed by atoms with Gasteiger partial charge in [-0.2, -0.15) is 5.10 Å². The van der Waals surface area contributed by atoms with Gasteiger partial charge in [0.05, 0.1) is 11.2 Å². The maximum absolute atomic E-state index is 11.2. The second kappa shape index (κ2) is 9.24. The van der Waals surface area contributed by atoms with E-state index in [9.17, 15) is 4.79 Å². The third-order valence-corrected chi connectivity index (χ3v) is 5.82. The van der Waals surface area contributed by atoms with Gasteiger partial charge in [-0.15, -0.1) is 0 Å². The molecule has 1 amide bonds. The van der Waals surface area contributed by atoms with Crippen molar-refractivity contribution in [2.45, 2.75) is 39.2 Å². The van der Waals surface area contributed by atoms with E-state index in [0.29, 0.717) is 0 Å². The molecular weight excluding hydrogens is 376 g/mol. The van der Waals surface area contributed by atoms with Crippen molar-refractivity contribution in [1.29, 1.82) is 0 Å². The number of aryl methyl sites for hydroxylation is 2. The molecule has 2 aromatic heterocycles. The highest BCUT2D eigenvalue weighted by molar-refractivity contribution is 5.90. The molecule has 6 heteroatoms. The molecule has 0 saturated heterocycles. The summed E-state index contributed by atoms with van der Waals surface area (Å²) in [5.41, 5.74) is 9.07. The van der Waals surface area contributed by atoms with Crippen molar-refractivity contribution < 1.29 is 10.0 Å². The SMILES string of the molecule is CCc1nn2ccccc2c1CCN1CCCc2cc(/C=C/C(=O)NO)ccc2C1. The van der Waals surface area contributed by atoms with Gasteiger partial charge in [0.15, 0.2) is 0 Å². The van der Waals surface area contributed by atoms with Crippen molar-refractivity contribution >= 4 is 17.5 Å². The zero-order valence-corrected chi connectivity index (χ0v) is 17.3. The third-order valence-electron chi connectivity index (χ3n) is 5.82. The second-order valence-corrected chi connectivity index (χ2v) is 7.78. The third kappa shape index (κ3) is 4.45. The van der Waals surface area contributed by atoms with Crippen molar-refractivity contribution in [3.8, 4) is 0 Å². The molecule has 4 rings (SSSR count). The first-order chi connectivity index (χ1) is 14.7. The number of amides is 1. The van der Waals surface area contributed by atoms with Crippen LogP contribution >= 0.6 is 0 Å². The van der Waals surface area contributed by atoms with Crippen LogP contribution in [-0.4, -0.2) is 38.7 Å². The smallest absolute Gasteiger partial charge is 0.267 e. The van der Waals surface area contributed by atoms with Crippen molar-refractivity contribution in [2.24, 2.45) is 0 Å². The summed E-state index contributed by atoms with van der Waals surface area (Å²) >= 11 is 0. The van der Waals surface area contributed by atoms with Gasteiger partial charge in [-0.3, -0.25) is 14.9 Å². The van der Waals surface area contributed by atoms with Crippen LogP contribution in [0.3, 0.4) is 0 Å². The second-order valence-electron chi connectivity index (χ2n) is 7.78. The number of hydrogen-bond acceptors (Lipinski definition) is 4. The van der Waals surface area contributed by atoms with Gasteiger partial charge < -0.3 is 0 Å². The minimum atomic E-state index is -0.518. The molecule has 0 saturated carbocycles. The highest BCUT2D eigenvalue weighted by Crippen LogP contribution is 2.23. The Labute approximate surface area is 176 Å². The molecule has 0 atom stereocenters. The Morgan fingerprint density at radius 3 is 3.00 bits per heavy atom. The molecule has 0 bridgehead atoms. The lowest BCUT2D eigenvalue weighted by molar-refractivity contribution is -0.124. The molecule has 1 aromatic carbocycles. The molecule has 0 spiro atoms. The quantitative estimate of drug-likeness (QED) is 0.375. The normalized spacial score (nSPS) is 14.7. The topological polar surface area (TPSA) is 69.9 Å². The molecule has 0 unspecified atom stereocenters. The van der Waals surface area contributed by atoms with Crippen LogP contribution < -0.4 is 5.48 Å². The van der Waals surface area contributed by atoms with Gasteiger partial charge in [0.2, 0.25) is 0 Å². The van der Waals surface area contributed by atoms with E-state index in [1.54, 1.807) is 11.6 Å². The van der Waals surface area contributed by atoms with Crippen molar-refractivity contribution in [2.75, 3.05) is 13.1 Å². The summed E-state index contributed by atoms with van der Waals surface area (Å²) in [4.78, 5) is 13.7. The molecule has 0 radical (unpaired) electrons. The number of nitrogens with one attached hydrogen (secondary N) is 1. The predicted molar refractivity (Wildman–Crippen MR) is 117 cm³/mol. The van der Waals surface area contributed by atoms with Crippen LogP contribution in [0.15, 0.2) is 48.7 Å². The summed E-state index contributed by atoms with van der Waals surface area (Å²) < 4.78 is 2.00. The van der Waals surface area contributed by atoms with E-state index in [0.717, 1.165) is 50.9 Å². The Hall–Kier alpha value is -2.96. The van der Waals surface area contributed by atoms with Gasteiger partial charge in [0.1, 0.15) is 0 Å². The van der Waals surface area contributed by atoms with E-state index in [4.69, 9.17) is 10.3 Å². The first-order valence-corrected chi connectivity index (χ1v) is 10.6. The minimum absolute atomic E-state index is 0.518. The number of hydrogen-bond donors (Lipinski definition) is 2. The Bertz CT molecular complexity index is 1070. The largest absolute Gasteiger partial charge is 0.299 e. The molecule has 0 aliphatic carbocycles. The molecule has 0 fully saturated rings. The van der Waals surface area contributed by atoms with Crippen LogP contribution in [0.4, 0.5) is 0 Å². The summed E-state index contributed by atoms with van der Waals surface area (Å²) in [5, 5.41) is 13.4. The maximum Gasteiger partial charge on any atom is 0.267 e. The highest BCUT2D eigenvalue weighted by Gasteiger charge is 2.17. The Balaban J connectivity index is 1.47. The van der Waals surface area contributed by atoms with Crippen LogP contribution in [0, 0.1) is 0 Å². The lowest BCUT2D eigenvalue weighted by atomic mass is 10.0. The van der Waals surface area contributed by atoms with Crippen LogP contribution in [-0.2, 0) is 30.6 Å². The van der Waals surface area contributed by atoms with Crippen molar-refractivity contribution in [3.63, 3.8) is 0 Å². The number of benzene rings is 1. The van der Waals surface area contributed by atoms with E-state index < -0.39 is 5.91 Å². The summed E-state index contributed by atoms with van der Waals surface area (Å²) in [5.74, 6) is -0.518. The average molecular weight is 405 g/mol. The molecular formula is C24H28N4O2. The number of rotatable bonds is 6. The molecule has 3 aromatic rings. The summed E-state index contributed by atoms with van der Waals surface area (Å²) in [6, 6.07) is 12.6.